The first-order valence-corrected chi connectivity index (χ1v) is 8.80. The van der Waals surface area contributed by atoms with E-state index in [9.17, 15) is 29.6 Å². The fourth-order valence-corrected chi connectivity index (χ4v) is 3.06. The van der Waals surface area contributed by atoms with Crippen molar-refractivity contribution < 1.29 is 29.3 Å². The summed E-state index contributed by atoms with van der Waals surface area (Å²) in [6.07, 6.45) is -5.38. The molecule has 2 rings (SSSR count). The molecule has 12 heteroatoms. The standard InChI is InChI=1S/C10H15N2O8PS/c1-4(13)7-8(20-21(17,18)22)6(15)9(19-7)12-3-2-5(14)11-10(12)16/h2-4,6-9,13,15H,1H3,(H,11,14,16)(H2,17,18,22)/t4?,6-,7-,8+,9-/m1/s1. The van der Waals surface area contributed by atoms with Gasteiger partial charge in [-0.05, 0) is 18.7 Å². The van der Waals surface area contributed by atoms with Crippen LogP contribution in [0.1, 0.15) is 13.2 Å². The molecule has 1 unspecified atom stereocenters. The number of rotatable bonds is 4. The van der Waals surface area contributed by atoms with Crippen LogP contribution >= 0.6 is 6.72 Å². The minimum absolute atomic E-state index is 0.630. The first-order valence-electron chi connectivity index (χ1n) is 6.17. The number of H-pyrrole nitrogens is 1. The molecule has 0 aromatic carbocycles. The van der Waals surface area contributed by atoms with Crippen LogP contribution in [0.25, 0.3) is 0 Å². The number of aliphatic hydroxyl groups excluding tert-OH is 2. The van der Waals surface area contributed by atoms with E-state index in [1.165, 1.54) is 6.92 Å². The number of aromatic nitrogens is 2. The van der Waals surface area contributed by atoms with Gasteiger partial charge >= 0.3 is 12.4 Å². The van der Waals surface area contributed by atoms with Crippen LogP contribution in [0.4, 0.5) is 0 Å². The van der Waals surface area contributed by atoms with Crippen LogP contribution in [-0.2, 0) is 21.1 Å². The first-order chi connectivity index (χ1) is 10.1. The molecule has 1 aromatic heterocycles. The van der Waals surface area contributed by atoms with E-state index in [0.717, 1.165) is 16.8 Å². The van der Waals surface area contributed by atoms with E-state index in [1.807, 2.05) is 4.98 Å². The molecule has 1 aliphatic heterocycles. The number of aliphatic hydroxyl groups is 2. The second kappa shape index (κ2) is 6.30. The van der Waals surface area contributed by atoms with Gasteiger partial charge in [0, 0.05) is 12.3 Å². The monoisotopic (exact) mass is 354 g/mol. The number of nitrogens with one attached hydrogen (secondary N) is 1. The number of hydrogen-bond donors (Lipinski definition) is 5. The summed E-state index contributed by atoms with van der Waals surface area (Å²) in [5.41, 5.74) is -1.47. The van der Waals surface area contributed by atoms with E-state index in [0.29, 0.717) is 0 Å². The summed E-state index contributed by atoms with van der Waals surface area (Å²) in [7, 11) is 0. The molecule has 1 fully saturated rings. The maximum absolute atomic E-state index is 11.7. The van der Waals surface area contributed by atoms with E-state index in [4.69, 9.17) is 9.26 Å². The van der Waals surface area contributed by atoms with Crippen molar-refractivity contribution in [3.8, 4) is 0 Å². The second-order valence-electron chi connectivity index (χ2n) is 4.80. The van der Waals surface area contributed by atoms with Crippen molar-refractivity contribution in [2.45, 2.75) is 37.6 Å². The lowest BCUT2D eigenvalue weighted by Crippen LogP contribution is -2.40. The third-order valence-corrected chi connectivity index (χ3v) is 3.89. The van der Waals surface area contributed by atoms with Gasteiger partial charge in [0.2, 0.25) is 0 Å². The Balaban J connectivity index is 2.37. The van der Waals surface area contributed by atoms with Gasteiger partial charge < -0.3 is 24.7 Å². The maximum Gasteiger partial charge on any atom is 0.330 e. The highest BCUT2D eigenvalue weighted by Gasteiger charge is 2.49. The van der Waals surface area contributed by atoms with E-state index in [2.05, 4.69) is 11.8 Å². The Hall–Kier alpha value is -0.910. The molecule has 0 spiro atoms. The summed E-state index contributed by atoms with van der Waals surface area (Å²) in [5, 5.41) is 19.9. The normalized spacial score (nSPS) is 30.4. The largest absolute Gasteiger partial charge is 0.391 e. The summed E-state index contributed by atoms with van der Waals surface area (Å²) in [5.74, 6) is 0. The number of ether oxygens (including phenoxy) is 1. The molecule has 124 valence electrons. The van der Waals surface area contributed by atoms with Gasteiger partial charge in [-0.2, -0.15) is 0 Å². The summed E-state index contributed by atoms with van der Waals surface area (Å²) < 4.78 is 11.1. The summed E-state index contributed by atoms with van der Waals surface area (Å²) in [4.78, 5) is 43.3. The van der Waals surface area contributed by atoms with Crippen LogP contribution < -0.4 is 11.2 Å². The third-order valence-electron chi connectivity index (χ3n) is 3.11. The molecule has 0 saturated carbocycles. The molecule has 0 radical (unpaired) electrons. The topological polar surface area (TPSA) is 154 Å². The third kappa shape index (κ3) is 3.70. The predicted octanol–water partition coefficient (Wildman–Crippen LogP) is -2.23. The molecular formula is C10H15N2O8PS. The fourth-order valence-electron chi connectivity index (χ4n) is 2.20. The molecule has 1 aromatic rings. The van der Waals surface area contributed by atoms with Crippen LogP contribution in [0, 0.1) is 0 Å². The van der Waals surface area contributed by atoms with Crippen molar-refractivity contribution in [2.24, 2.45) is 0 Å². The summed E-state index contributed by atoms with van der Waals surface area (Å²) in [6, 6.07) is 1.05. The Morgan fingerprint density at radius 2 is 2.14 bits per heavy atom. The Morgan fingerprint density at radius 1 is 1.50 bits per heavy atom. The lowest BCUT2D eigenvalue weighted by molar-refractivity contribution is -0.0791. The highest BCUT2D eigenvalue weighted by Crippen LogP contribution is 2.44. The van der Waals surface area contributed by atoms with E-state index in [1.54, 1.807) is 0 Å². The highest BCUT2D eigenvalue weighted by atomic mass is 32.5. The molecule has 0 bridgehead atoms. The van der Waals surface area contributed by atoms with Crippen LogP contribution in [-0.4, -0.2) is 54.0 Å². The SMILES string of the molecule is CC(O)[C@H]1O[C@@H](n2ccc(=O)[nH]c2=O)[C@H](O)[C@@H]1OP(O)(O)=S. The van der Waals surface area contributed by atoms with Crippen LogP contribution in [0.5, 0.6) is 0 Å². The van der Waals surface area contributed by atoms with Crippen molar-refractivity contribution in [1.29, 1.82) is 0 Å². The summed E-state index contributed by atoms with van der Waals surface area (Å²) in [6.45, 7) is -2.79. The molecule has 0 aliphatic carbocycles. The van der Waals surface area contributed by atoms with Crippen LogP contribution in [0.3, 0.4) is 0 Å². The van der Waals surface area contributed by atoms with Crippen LogP contribution in [0.15, 0.2) is 21.9 Å². The Labute approximate surface area is 128 Å². The van der Waals surface area contributed by atoms with Gasteiger partial charge in [-0.25, -0.2) is 4.79 Å². The summed E-state index contributed by atoms with van der Waals surface area (Å²) >= 11 is 4.35. The van der Waals surface area contributed by atoms with Crippen LogP contribution in [0.2, 0.25) is 0 Å². The van der Waals surface area contributed by atoms with Gasteiger partial charge in [0.15, 0.2) is 6.23 Å². The van der Waals surface area contributed by atoms with E-state index < -0.39 is 48.6 Å². The van der Waals surface area contributed by atoms with Crippen molar-refractivity contribution in [2.75, 3.05) is 0 Å². The van der Waals surface area contributed by atoms with E-state index >= 15 is 0 Å². The molecule has 1 aliphatic rings. The zero-order valence-electron chi connectivity index (χ0n) is 11.3. The van der Waals surface area contributed by atoms with E-state index in [-0.39, 0.29) is 0 Å². The zero-order valence-corrected chi connectivity index (χ0v) is 13.0. The Kier molecular flexibility index (Phi) is 5.00. The predicted molar refractivity (Wildman–Crippen MR) is 76.5 cm³/mol. The molecule has 5 N–H and O–H groups in total. The van der Waals surface area contributed by atoms with Crippen molar-refractivity contribution in [3.05, 3.63) is 33.1 Å². The van der Waals surface area contributed by atoms with Crippen molar-refractivity contribution in [3.63, 3.8) is 0 Å². The smallest absolute Gasteiger partial charge is 0.330 e. The lowest BCUT2D eigenvalue weighted by Gasteiger charge is -2.23. The average molecular weight is 354 g/mol. The highest BCUT2D eigenvalue weighted by molar-refractivity contribution is 8.06. The van der Waals surface area contributed by atoms with Gasteiger partial charge in [0.1, 0.15) is 18.3 Å². The van der Waals surface area contributed by atoms with Gasteiger partial charge in [0.25, 0.3) is 5.56 Å². The molecule has 5 atom stereocenters. The Morgan fingerprint density at radius 3 is 2.64 bits per heavy atom. The van der Waals surface area contributed by atoms with Gasteiger partial charge in [-0.15, -0.1) is 0 Å². The van der Waals surface area contributed by atoms with Gasteiger partial charge in [0.05, 0.1) is 6.10 Å². The molecule has 2 heterocycles. The quantitative estimate of drug-likeness (QED) is 0.378. The van der Waals surface area contributed by atoms with Crippen molar-refractivity contribution in [1.82, 2.24) is 9.55 Å². The second-order valence-corrected chi connectivity index (χ2v) is 7.42. The average Bonchev–Trinajstić information content (AvgIpc) is 2.66. The fraction of sp³-hybridized carbons (Fsp3) is 0.600. The minimum atomic E-state index is -4.13. The Bertz CT molecular complexity index is 697. The molecule has 22 heavy (non-hydrogen) atoms. The number of hydrogen-bond acceptors (Lipinski definition) is 7. The van der Waals surface area contributed by atoms with Crippen molar-refractivity contribution >= 4 is 18.5 Å². The number of aromatic amines is 1. The minimum Gasteiger partial charge on any atom is -0.391 e. The molecule has 10 nitrogen and oxygen atoms in total. The molecule has 0 amide bonds. The molecular weight excluding hydrogens is 339 g/mol. The maximum atomic E-state index is 11.7. The number of nitrogens with zero attached hydrogens (tertiary/aromatic N) is 1. The van der Waals surface area contributed by atoms with Gasteiger partial charge in [-0.1, -0.05) is 0 Å². The zero-order chi connectivity index (χ0) is 16.7. The van der Waals surface area contributed by atoms with Gasteiger partial charge in [-0.3, -0.25) is 18.9 Å². The molecule has 1 saturated heterocycles. The first kappa shape index (κ1) is 17.4. The lowest BCUT2D eigenvalue weighted by atomic mass is 10.1.